The Morgan fingerprint density at radius 2 is 1.80 bits per heavy atom. The van der Waals surface area contributed by atoms with Gasteiger partial charge in [0.15, 0.2) is 0 Å². The van der Waals surface area contributed by atoms with Crippen LogP contribution < -0.4 is 0 Å². The van der Waals surface area contributed by atoms with Gasteiger partial charge in [0.1, 0.15) is 5.82 Å². The van der Waals surface area contributed by atoms with Crippen LogP contribution >= 0.6 is 27.5 Å². The highest BCUT2D eigenvalue weighted by Crippen LogP contribution is 2.26. The Balaban J connectivity index is 2.35. The van der Waals surface area contributed by atoms with Crippen LogP contribution in [-0.4, -0.2) is 9.55 Å². The van der Waals surface area contributed by atoms with Gasteiger partial charge in [-0.15, -0.1) is 11.6 Å². The Labute approximate surface area is 131 Å². The first-order valence-corrected chi connectivity index (χ1v) is 7.73. The fraction of sp³-hybridized carbons (Fsp3) is 0.188. The Kier molecular flexibility index (Phi) is 3.57. The van der Waals surface area contributed by atoms with Gasteiger partial charge in [-0.1, -0.05) is 22.0 Å². The zero-order chi connectivity index (χ0) is 14.3. The number of hydrogen-bond acceptors (Lipinski definition) is 1. The first-order chi connectivity index (χ1) is 9.58. The van der Waals surface area contributed by atoms with E-state index < -0.39 is 0 Å². The predicted molar refractivity (Wildman–Crippen MR) is 87.8 cm³/mol. The zero-order valence-corrected chi connectivity index (χ0v) is 13.7. The summed E-state index contributed by atoms with van der Waals surface area (Å²) >= 11 is 9.60. The summed E-state index contributed by atoms with van der Waals surface area (Å²) in [4.78, 5) is 4.62. The highest BCUT2D eigenvalue weighted by molar-refractivity contribution is 9.10. The number of alkyl halides is 1. The van der Waals surface area contributed by atoms with E-state index in [9.17, 15) is 0 Å². The first-order valence-electron chi connectivity index (χ1n) is 6.40. The van der Waals surface area contributed by atoms with Crippen molar-refractivity contribution >= 4 is 38.6 Å². The van der Waals surface area contributed by atoms with Crippen molar-refractivity contribution in [1.29, 1.82) is 0 Å². The summed E-state index contributed by atoms with van der Waals surface area (Å²) in [5, 5.41) is 0. The molecule has 0 aliphatic heterocycles. The van der Waals surface area contributed by atoms with Gasteiger partial charge in [-0.3, -0.25) is 4.57 Å². The molecule has 0 atom stereocenters. The fourth-order valence-corrected chi connectivity index (χ4v) is 3.08. The summed E-state index contributed by atoms with van der Waals surface area (Å²) in [7, 11) is 0. The summed E-state index contributed by atoms with van der Waals surface area (Å²) in [6, 6.07) is 12.6. The number of halogens is 2. The standard InChI is InChI=1S/C16H14BrClN2/c1-10-5-11(2)7-13(6-10)20-15-8-12(17)3-4-14(15)19-16(20)9-18/h3-8H,9H2,1-2H3. The minimum atomic E-state index is 0.388. The fourth-order valence-electron chi connectivity index (χ4n) is 2.56. The van der Waals surface area contributed by atoms with Crippen molar-refractivity contribution in [3.63, 3.8) is 0 Å². The molecule has 2 nitrogen and oxygen atoms in total. The third-order valence-electron chi connectivity index (χ3n) is 3.27. The van der Waals surface area contributed by atoms with Crippen molar-refractivity contribution in [2.45, 2.75) is 19.7 Å². The number of hydrogen-bond donors (Lipinski definition) is 0. The lowest BCUT2D eigenvalue weighted by atomic mass is 10.1. The zero-order valence-electron chi connectivity index (χ0n) is 11.3. The molecule has 0 saturated heterocycles. The summed E-state index contributed by atoms with van der Waals surface area (Å²) in [5.74, 6) is 1.25. The molecule has 0 unspecified atom stereocenters. The molecule has 3 aromatic rings. The molecule has 3 rings (SSSR count). The Bertz CT molecular complexity index is 772. The second-order valence-electron chi connectivity index (χ2n) is 4.98. The van der Waals surface area contributed by atoms with Crippen LogP contribution in [0.1, 0.15) is 17.0 Å². The molecule has 2 aromatic carbocycles. The molecule has 0 radical (unpaired) electrons. The van der Waals surface area contributed by atoms with E-state index in [1.165, 1.54) is 11.1 Å². The van der Waals surface area contributed by atoms with Crippen LogP contribution in [0.4, 0.5) is 0 Å². The number of aromatic nitrogens is 2. The number of imidazole rings is 1. The van der Waals surface area contributed by atoms with Crippen molar-refractivity contribution in [1.82, 2.24) is 9.55 Å². The molecular weight excluding hydrogens is 336 g/mol. The Morgan fingerprint density at radius 1 is 1.10 bits per heavy atom. The van der Waals surface area contributed by atoms with Gasteiger partial charge in [-0.25, -0.2) is 4.98 Å². The summed E-state index contributed by atoms with van der Waals surface area (Å²) in [5.41, 5.74) is 5.61. The van der Waals surface area contributed by atoms with E-state index >= 15 is 0 Å². The van der Waals surface area contributed by atoms with Crippen LogP contribution in [-0.2, 0) is 5.88 Å². The normalized spacial score (nSPS) is 11.2. The van der Waals surface area contributed by atoms with Crippen molar-refractivity contribution < 1.29 is 0 Å². The average molecular weight is 350 g/mol. The largest absolute Gasteiger partial charge is 0.295 e. The molecule has 0 saturated carbocycles. The second kappa shape index (κ2) is 5.23. The van der Waals surface area contributed by atoms with E-state index in [0.29, 0.717) is 5.88 Å². The SMILES string of the molecule is Cc1cc(C)cc(-n2c(CCl)nc3ccc(Br)cc32)c1. The van der Waals surface area contributed by atoms with E-state index in [2.05, 4.69) is 63.6 Å². The maximum atomic E-state index is 6.08. The van der Waals surface area contributed by atoms with Crippen molar-refractivity contribution in [2.24, 2.45) is 0 Å². The number of benzene rings is 2. The van der Waals surface area contributed by atoms with Crippen molar-refractivity contribution in [3.8, 4) is 5.69 Å². The van der Waals surface area contributed by atoms with Crippen LogP contribution in [0.3, 0.4) is 0 Å². The van der Waals surface area contributed by atoms with E-state index in [1.807, 2.05) is 12.1 Å². The van der Waals surface area contributed by atoms with E-state index in [0.717, 1.165) is 27.0 Å². The monoisotopic (exact) mass is 348 g/mol. The average Bonchev–Trinajstić information content (AvgIpc) is 2.75. The van der Waals surface area contributed by atoms with E-state index in [-0.39, 0.29) is 0 Å². The predicted octanol–water partition coefficient (Wildman–Crippen LogP) is 5.14. The van der Waals surface area contributed by atoms with Crippen LogP contribution in [0.5, 0.6) is 0 Å². The quantitative estimate of drug-likeness (QED) is 0.585. The van der Waals surface area contributed by atoms with E-state index in [1.54, 1.807) is 0 Å². The van der Waals surface area contributed by atoms with Gasteiger partial charge in [-0.2, -0.15) is 0 Å². The molecule has 0 aliphatic rings. The topological polar surface area (TPSA) is 17.8 Å². The van der Waals surface area contributed by atoms with Crippen LogP contribution in [0.25, 0.3) is 16.7 Å². The number of nitrogens with zero attached hydrogens (tertiary/aromatic N) is 2. The third kappa shape index (κ3) is 2.36. The molecule has 0 bridgehead atoms. The van der Waals surface area contributed by atoms with Gasteiger partial charge < -0.3 is 0 Å². The lowest BCUT2D eigenvalue weighted by Crippen LogP contribution is -2.00. The maximum Gasteiger partial charge on any atom is 0.129 e. The molecule has 1 aromatic heterocycles. The highest BCUT2D eigenvalue weighted by Gasteiger charge is 2.12. The van der Waals surface area contributed by atoms with Crippen molar-refractivity contribution in [2.75, 3.05) is 0 Å². The Hall–Kier alpha value is -1.32. The molecule has 0 fully saturated rings. The summed E-state index contributed by atoms with van der Waals surface area (Å²) in [6.45, 7) is 4.21. The maximum absolute atomic E-state index is 6.08. The molecule has 102 valence electrons. The smallest absolute Gasteiger partial charge is 0.129 e. The second-order valence-corrected chi connectivity index (χ2v) is 6.16. The van der Waals surface area contributed by atoms with Gasteiger partial charge in [0, 0.05) is 10.2 Å². The van der Waals surface area contributed by atoms with Gasteiger partial charge in [0.05, 0.1) is 16.9 Å². The molecule has 0 amide bonds. The lowest BCUT2D eigenvalue weighted by Gasteiger charge is -2.10. The van der Waals surface area contributed by atoms with Crippen LogP contribution in [0.15, 0.2) is 40.9 Å². The van der Waals surface area contributed by atoms with Crippen molar-refractivity contribution in [3.05, 3.63) is 57.8 Å². The van der Waals surface area contributed by atoms with Crippen LogP contribution in [0, 0.1) is 13.8 Å². The molecule has 0 spiro atoms. The van der Waals surface area contributed by atoms with Gasteiger partial charge in [0.2, 0.25) is 0 Å². The summed E-state index contributed by atoms with van der Waals surface area (Å²) < 4.78 is 3.17. The third-order valence-corrected chi connectivity index (χ3v) is 4.00. The minimum Gasteiger partial charge on any atom is -0.295 e. The van der Waals surface area contributed by atoms with Crippen LogP contribution in [0.2, 0.25) is 0 Å². The lowest BCUT2D eigenvalue weighted by molar-refractivity contribution is 0.978. The minimum absolute atomic E-state index is 0.388. The summed E-state index contributed by atoms with van der Waals surface area (Å²) in [6.07, 6.45) is 0. The number of rotatable bonds is 2. The number of aryl methyl sites for hydroxylation is 2. The highest BCUT2D eigenvalue weighted by atomic mass is 79.9. The number of fused-ring (bicyclic) bond motifs is 1. The van der Waals surface area contributed by atoms with Gasteiger partial charge in [0.25, 0.3) is 0 Å². The molecular formula is C16H14BrClN2. The van der Waals surface area contributed by atoms with Gasteiger partial charge >= 0.3 is 0 Å². The first kappa shape index (κ1) is 13.7. The Morgan fingerprint density at radius 3 is 2.45 bits per heavy atom. The molecule has 4 heteroatoms. The molecule has 1 heterocycles. The van der Waals surface area contributed by atoms with Gasteiger partial charge in [-0.05, 0) is 55.3 Å². The van der Waals surface area contributed by atoms with E-state index in [4.69, 9.17) is 11.6 Å². The molecule has 0 aliphatic carbocycles. The molecule has 20 heavy (non-hydrogen) atoms. The molecule has 0 N–H and O–H groups in total.